The summed E-state index contributed by atoms with van der Waals surface area (Å²) in [4.78, 5) is 17.7. The monoisotopic (exact) mass is 319 g/mol. The number of primary amides is 1. The number of carbonyl (C=O) groups excluding carboxylic acids is 1. The molecule has 1 saturated heterocycles. The van der Waals surface area contributed by atoms with Gasteiger partial charge in [0, 0.05) is 16.5 Å². The Balaban J connectivity index is 1.60. The molecule has 2 heterocycles. The van der Waals surface area contributed by atoms with E-state index in [1.165, 1.54) is 0 Å². The van der Waals surface area contributed by atoms with Gasteiger partial charge >= 0.3 is 0 Å². The molecule has 2 N–H and O–H groups in total. The molecule has 3 rings (SSSR count). The summed E-state index contributed by atoms with van der Waals surface area (Å²) in [5.41, 5.74) is 6.30. The van der Waals surface area contributed by atoms with Crippen molar-refractivity contribution in [2.45, 2.75) is 19.4 Å². The molecule has 0 unspecified atom stereocenters. The predicted octanol–water partition coefficient (Wildman–Crippen LogP) is 2.69. The summed E-state index contributed by atoms with van der Waals surface area (Å²) in [6, 6.07) is 7.47. The average Bonchev–Trinajstić information content (AvgIpc) is 2.97. The first-order valence-electron chi connectivity index (χ1n) is 7.34. The second-order valence-corrected chi connectivity index (χ2v) is 6.01. The van der Waals surface area contributed by atoms with Crippen LogP contribution in [0, 0.1) is 5.92 Å². The first kappa shape index (κ1) is 15.1. The van der Waals surface area contributed by atoms with Crippen LogP contribution in [0.3, 0.4) is 0 Å². The molecule has 2 aromatic rings. The molecule has 0 spiro atoms. The second kappa shape index (κ2) is 6.50. The van der Waals surface area contributed by atoms with Crippen LogP contribution < -0.4 is 5.73 Å². The number of nitrogens with zero attached hydrogens (tertiary/aromatic N) is 2. The molecule has 5 nitrogen and oxygen atoms in total. The molecule has 1 aromatic heterocycles. The number of rotatable bonds is 4. The van der Waals surface area contributed by atoms with Gasteiger partial charge in [-0.05, 0) is 50.2 Å². The fourth-order valence-corrected chi connectivity index (χ4v) is 2.82. The van der Waals surface area contributed by atoms with Crippen molar-refractivity contribution in [1.82, 2.24) is 9.88 Å². The number of carbonyl (C=O) groups is 1. The van der Waals surface area contributed by atoms with Gasteiger partial charge in [0.15, 0.2) is 5.76 Å². The van der Waals surface area contributed by atoms with Gasteiger partial charge in [-0.3, -0.25) is 9.69 Å². The maximum Gasteiger partial charge on any atom is 0.220 e. The highest BCUT2D eigenvalue weighted by molar-refractivity contribution is 6.30. The molecule has 1 aromatic carbocycles. The third-order valence-corrected chi connectivity index (χ3v) is 4.28. The molecule has 0 aliphatic carbocycles. The first-order valence-corrected chi connectivity index (χ1v) is 7.72. The van der Waals surface area contributed by atoms with Crippen LogP contribution in [0.2, 0.25) is 5.02 Å². The van der Waals surface area contributed by atoms with Crippen LogP contribution in [0.25, 0.3) is 11.3 Å². The number of likely N-dealkylation sites (tertiary alicyclic amines) is 1. The maximum atomic E-state index is 11.2. The summed E-state index contributed by atoms with van der Waals surface area (Å²) in [5, 5.41) is 0.695. The van der Waals surface area contributed by atoms with Gasteiger partial charge in [0.1, 0.15) is 0 Å². The lowest BCUT2D eigenvalue weighted by Crippen LogP contribution is -2.38. The topological polar surface area (TPSA) is 72.4 Å². The number of halogens is 1. The van der Waals surface area contributed by atoms with Gasteiger partial charge in [-0.15, -0.1) is 0 Å². The van der Waals surface area contributed by atoms with E-state index in [1.807, 2.05) is 24.3 Å². The van der Waals surface area contributed by atoms with Crippen LogP contribution in [0.5, 0.6) is 0 Å². The van der Waals surface area contributed by atoms with Gasteiger partial charge in [0.05, 0.1) is 12.7 Å². The number of hydrogen-bond acceptors (Lipinski definition) is 4. The highest BCUT2D eigenvalue weighted by Crippen LogP contribution is 2.24. The van der Waals surface area contributed by atoms with E-state index < -0.39 is 0 Å². The molecule has 1 aliphatic heterocycles. The Morgan fingerprint density at radius 1 is 1.32 bits per heavy atom. The van der Waals surface area contributed by atoms with Gasteiger partial charge in [0.25, 0.3) is 0 Å². The predicted molar refractivity (Wildman–Crippen MR) is 84.1 cm³/mol. The Morgan fingerprint density at radius 2 is 2.00 bits per heavy atom. The van der Waals surface area contributed by atoms with Crippen LogP contribution in [0.1, 0.15) is 18.7 Å². The van der Waals surface area contributed by atoms with Gasteiger partial charge in [-0.2, -0.15) is 0 Å². The van der Waals surface area contributed by atoms with E-state index in [0.29, 0.717) is 17.5 Å². The second-order valence-electron chi connectivity index (χ2n) is 5.58. The molecular weight excluding hydrogens is 302 g/mol. The van der Waals surface area contributed by atoms with Gasteiger partial charge in [-0.1, -0.05) is 11.6 Å². The molecule has 1 amide bonds. The normalized spacial score (nSPS) is 16.8. The van der Waals surface area contributed by atoms with Crippen LogP contribution in [0.15, 0.2) is 34.9 Å². The minimum absolute atomic E-state index is 0.00504. The zero-order valence-electron chi connectivity index (χ0n) is 12.2. The minimum Gasteiger partial charge on any atom is -0.439 e. The van der Waals surface area contributed by atoms with Crippen LogP contribution in [0.4, 0.5) is 0 Å². The van der Waals surface area contributed by atoms with Crippen molar-refractivity contribution in [3.05, 3.63) is 41.4 Å². The van der Waals surface area contributed by atoms with Crippen molar-refractivity contribution in [2.24, 2.45) is 11.7 Å². The number of oxazole rings is 1. The number of benzene rings is 1. The third-order valence-electron chi connectivity index (χ3n) is 4.03. The Kier molecular flexibility index (Phi) is 4.45. The molecule has 0 atom stereocenters. The molecule has 1 aliphatic rings. The van der Waals surface area contributed by atoms with E-state index in [9.17, 15) is 4.79 Å². The van der Waals surface area contributed by atoms with E-state index in [2.05, 4.69) is 9.88 Å². The Morgan fingerprint density at radius 3 is 2.64 bits per heavy atom. The number of aromatic nitrogens is 1. The van der Waals surface area contributed by atoms with Crippen molar-refractivity contribution < 1.29 is 9.21 Å². The highest BCUT2D eigenvalue weighted by atomic mass is 35.5. The quantitative estimate of drug-likeness (QED) is 0.940. The first-order chi connectivity index (χ1) is 10.6. The molecule has 6 heteroatoms. The van der Waals surface area contributed by atoms with Crippen molar-refractivity contribution in [2.75, 3.05) is 13.1 Å². The molecule has 22 heavy (non-hydrogen) atoms. The standard InChI is InChI=1S/C16H18ClN3O2/c17-13-3-1-11(2-4-13)14-9-19-15(22-14)10-20-7-5-12(6-8-20)16(18)21/h1-4,9,12H,5-8,10H2,(H2,18,21). The van der Waals surface area contributed by atoms with Crippen molar-refractivity contribution >= 4 is 17.5 Å². The molecule has 116 valence electrons. The summed E-state index contributed by atoms with van der Waals surface area (Å²) in [6.45, 7) is 2.33. The third kappa shape index (κ3) is 3.48. The van der Waals surface area contributed by atoms with E-state index in [1.54, 1.807) is 6.20 Å². The SMILES string of the molecule is NC(=O)C1CCN(Cc2ncc(-c3ccc(Cl)cc3)o2)CC1. The van der Waals surface area contributed by atoms with Crippen molar-refractivity contribution in [3.63, 3.8) is 0 Å². The fraction of sp³-hybridized carbons (Fsp3) is 0.375. The number of amides is 1. The largest absolute Gasteiger partial charge is 0.439 e. The Hall–Kier alpha value is -1.85. The summed E-state index contributed by atoms with van der Waals surface area (Å²) in [5.74, 6) is 1.23. The Bertz CT molecular complexity index is 646. The molecule has 0 saturated carbocycles. The number of nitrogens with two attached hydrogens (primary N) is 1. The van der Waals surface area contributed by atoms with Crippen LogP contribution >= 0.6 is 11.6 Å². The maximum absolute atomic E-state index is 11.2. The van der Waals surface area contributed by atoms with Gasteiger partial charge < -0.3 is 10.2 Å². The fourth-order valence-electron chi connectivity index (χ4n) is 2.70. The van der Waals surface area contributed by atoms with E-state index in [4.69, 9.17) is 21.8 Å². The van der Waals surface area contributed by atoms with E-state index in [-0.39, 0.29) is 11.8 Å². The molecule has 1 fully saturated rings. The lowest BCUT2D eigenvalue weighted by Gasteiger charge is -2.29. The van der Waals surface area contributed by atoms with Crippen molar-refractivity contribution in [1.29, 1.82) is 0 Å². The highest BCUT2D eigenvalue weighted by Gasteiger charge is 2.23. The summed E-state index contributed by atoms with van der Waals surface area (Å²) >= 11 is 5.88. The number of piperidine rings is 1. The summed E-state index contributed by atoms with van der Waals surface area (Å²) in [7, 11) is 0. The Labute approximate surface area is 134 Å². The lowest BCUT2D eigenvalue weighted by molar-refractivity contribution is -0.123. The summed E-state index contributed by atoms with van der Waals surface area (Å²) in [6.07, 6.45) is 3.34. The number of hydrogen-bond donors (Lipinski definition) is 1. The van der Waals surface area contributed by atoms with E-state index in [0.717, 1.165) is 37.3 Å². The zero-order valence-corrected chi connectivity index (χ0v) is 12.9. The van der Waals surface area contributed by atoms with Crippen LogP contribution in [-0.2, 0) is 11.3 Å². The minimum atomic E-state index is -0.194. The average molecular weight is 320 g/mol. The lowest BCUT2D eigenvalue weighted by atomic mass is 9.96. The van der Waals surface area contributed by atoms with Crippen LogP contribution in [-0.4, -0.2) is 28.9 Å². The van der Waals surface area contributed by atoms with Crippen molar-refractivity contribution in [3.8, 4) is 11.3 Å². The van der Waals surface area contributed by atoms with E-state index >= 15 is 0 Å². The van der Waals surface area contributed by atoms with Gasteiger partial charge in [0.2, 0.25) is 11.8 Å². The molecular formula is C16H18ClN3O2. The van der Waals surface area contributed by atoms with Gasteiger partial charge in [-0.25, -0.2) is 4.98 Å². The molecule has 0 bridgehead atoms. The molecule has 0 radical (unpaired) electrons. The smallest absolute Gasteiger partial charge is 0.220 e. The zero-order chi connectivity index (χ0) is 15.5. The summed E-state index contributed by atoms with van der Waals surface area (Å²) < 4.78 is 5.80.